The summed E-state index contributed by atoms with van der Waals surface area (Å²) in [4.78, 5) is 0. The normalized spacial score (nSPS) is 12.3. The van der Waals surface area contributed by atoms with Gasteiger partial charge in [-0.2, -0.15) is 0 Å². The van der Waals surface area contributed by atoms with Crippen LogP contribution in [0.3, 0.4) is 0 Å². The van der Waals surface area contributed by atoms with Crippen LogP contribution in [0.5, 0.6) is 0 Å². The zero-order valence-electron chi connectivity index (χ0n) is 12.6. The molecular formula is C19H19N3. The van der Waals surface area contributed by atoms with E-state index in [-0.39, 0.29) is 0 Å². The van der Waals surface area contributed by atoms with Gasteiger partial charge in [0.1, 0.15) is 0 Å². The van der Waals surface area contributed by atoms with Crippen LogP contribution in [0.15, 0.2) is 72.4 Å². The summed E-state index contributed by atoms with van der Waals surface area (Å²) in [5.74, 6) is 5.55. The van der Waals surface area contributed by atoms with Gasteiger partial charge in [-0.15, -0.1) is 0 Å². The summed E-state index contributed by atoms with van der Waals surface area (Å²) < 4.78 is 0. The molecule has 22 heavy (non-hydrogen) atoms. The highest BCUT2D eigenvalue weighted by Crippen LogP contribution is 2.28. The van der Waals surface area contributed by atoms with Gasteiger partial charge >= 0.3 is 0 Å². The maximum atomic E-state index is 6.23. The van der Waals surface area contributed by atoms with E-state index in [0.29, 0.717) is 11.4 Å². The number of hydrogen-bond donors (Lipinski definition) is 3. The molecule has 0 saturated carbocycles. The maximum Gasteiger partial charge on any atom is 0.0745 e. The molecule has 0 fully saturated rings. The standard InChI is InChI=1S/C19H19N3/c1-12(2)19(22-21)18(20)15-9-10-17-14(11-15)8-7-13-5-3-4-6-16(13)17/h3-11,22H,1,20-21H2,2H3/b19-18-. The Morgan fingerprint density at radius 3 is 2.36 bits per heavy atom. The lowest BCUT2D eigenvalue weighted by atomic mass is 9.98. The molecule has 3 nitrogen and oxygen atoms in total. The molecule has 0 radical (unpaired) electrons. The molecule has 110 valence electrons. The molecule has 0 aliphatic heterocycles. The van der Waals surface area contributed by atoms with E-state index in [2.05, 4.69) is 60.5 Å². The maximum absolute atomic E-state index is 6.23. The number of allylic oxidation sites excluding steroid dienone is 1. The third-order valence-corrected chi connectivity index (χ3v) is 3.90. The molecule has 0 aliphatic carbocycles. The number of fused-ring (bicyclic) bond motifs is 3. The average Bonchev–Trinajstić information content (AvgIpc) is 2.54. The van der Waals surface area contributed by atoms with Crippen molar-refractivity contribution in [3.63, 3.8) is 0 Å². The minimum absolute atomic E-state index is 0.602. The molecule has 0 aliphatic rings. The van der Waals surface area contributed by atoms with Gasteiger partial charge in [-0.25, -0.2) is 0 Å². The lowest BCUT2D eigenvalue weighted by molar-refractivity contribution is 0.896. The SMILES string of the molecule is C=C(C)/C(NN)=C(/N)c1ccc2c(ccc3ccccc32)c1. The molecule has 3 heteroatoms. The van der Waals surface area contributed by atoms with E-state index in [0.717, 1.165) is 16.5 Å². The number of hydrogen-bond acceptors (Lipinski definition) is 3. The fourth-order valence-electron chi connectivity index (χ4n) is 2.76. The number of hydrazine groups is 1. The van der Waals surface area contributed by atoms with Crippen LogP contribution < -0.4 is 17.0 Å². The third kappa shape index (κ3) is 2.32. The van der Waals surface area contributed by atoms with Crippen LogP contribution in [0.2, 0.25) is 0 Å². The fourth-order valence-corrected chi connectivity index (χ4v) is 2.76. The van der Waals surface area contributed by atoms with Crippen molar-refractivity contribution in [2.75, 3.05) is 0 Å². The average molecular weight is 289 g/mol. The van der Waals surface area contributed by atoms with Crippen LogP contribution in [0.4, 0.5) is 0 Å². The first-order valence-electron chi connectivity index (χ1n) is 7.16. The lowest BCUT2D eigenvalue weighted by Gasteiger charge is -2.12. The minimum Gasteiger partial charge on any atom is -0.397 e. The van der Waals surface area contributed by atoms with Crippen LogP contribution in [0, 0.1) is 0 Å². The largest absolute Gasteiger partial charge is 0.397 e. The molecule has 0 saturated heterocycles. The predicted octanol–water partition coefficient (Wildman–Crippen LogP) is 3.66. The van der Waals surface area contributed by atoms with Crippen molar-refractivity contribution in [1.82, 2.24) is 5.43 Å². The molecule has 3 aromatic rings. The van der Waals surface area contributed by atoms with Crippen LogP contribution in [-0.4, -0.2) is 0 Å². The second-order valence-corrected chi connectivity index (χ2v) is 5.44. The van der Waals surface area contributed by atoms with Crippen molar-refractivity contribution in [2.24, 2.45) is 11.6 Å². The first-order chi connectivity index (χ1) is 10.6. The Hall–Kier alpha value is -2.78. The van der Waals surface area contributed by atoms with E-state index >= 15 is 0 Å². The van der Waals surface area contributed by atoms with Crippen molar-refractivity contribution in [2.45, 2.75) is 6.92 Å². The summed E-state index contributed by atoms with van der Waals surface area (Å²) in [5.41, 5.74) is 11.9. The quantitative estimate of drug-likeness (QED) is 0.298. The van der Waals surface area contributed by atoms with Crippen molar-refractivity contribution < 1.29 is 0 Å². The molecule has 0 amide bonds. The Bertz CT molecular complexity index is 907. The van der Waals surface area contributed by atoms with Gasteiger partial charge in [0.05, 0.1) is 11.4 Å². The second kappa shape index (κ2) is 5.54. The fraction of sp³-hybridized carbons (Fsp3) is 0.0526. The Kier molecular flexibility index (Phi) is 3.57. The minimum atomic E-state index is 0.602. The molecule has 3 aromatic carbocycles. The molecule has 5 N–H and O–H groups in total. The Balaban J connectivity index is 2.23. The van der Waals surface area contributed by atoms with Gasteiger partial charge in [0.25, 0.3) is 0 Å². The summed E-state index contributed by atoms with van der Waals surface area (Å²) in [6.45, 7) is 5.77. The van der Waals surface area contributed by atoms with Crippen molar-refractivity contribution in [1.29, 1.82) is 0 Å². The van der Waals surface area contributed by atoms with Crippen LogP contribution >= 0.6 is 0 Å². The smallest absolute Gasteiger partial charge is 0.0745 e. The van der Waals surface area contributed by atoms with Crippen molar-refractivity contribution in [3.8, 4) is 0 Å². The lowest BCUT2D eigenvalue weighted by Crippen LogP contribution is -2.24. The zero-order chi connectivity index (χ0) is 15.7. The highest BCUT2D eigenvalue weighted by molar-refractivity contribution is 6.08. The molecule has 0 atom stereocenters. The third-order valence-electron chi connectivity index (χ3n) is 3.90. The Morgan fingerprint density at radius 2 is 1.64 bits per heavy atom. The van der Waals surface area contributed by atoms with Crippen LogP contribution in [0.25, 0.3) is 27.2 Å². The van der Waals surface area contributed by atoms with E-state index < -0.39 is 0 Å². The molecular weight excluding hydrogens is 270 g/mol. The molecule has 0 aromatic heterocycles. The van der Waals surface area contributed by atoms with Crippen molar-refractivity contribution in [3.05, 3.63) is 78.0 Å². The van der Waals surface area contributed by atoms with Crippen molar-refractivity contribution >= 4 is 27.2 Å². The second-order valence-electron chi connectivity index (χ2n) is 5.44. The van der Waals surface area contributed by atoms with Gasteiger partial charge in [-0.1, -0.05) is 55.1 Å². The van der Waals surface area contributed by atoms with Gasteiger partial charge < -0.3 is 11.2 Å². The van der Waals surface area contributed by atoms with E-state index in [1.165, 1.54) is 16.2 Å². The predicted molar refractivity (Wildman–Crippen MR) is 94.7 cm³/mol. The molecule has 0 heterocycles. The summed E-state index contributed by atoms with van der Waals surface area (Å²) in [6, 6.07) is 18.8. The molecule has 0 bridgehead atoms. The van der Waals surface area contributed by atoms with Gasteiger partial charge in [-0.05, 0) is 40.1 Å². The van der Waals surface area contributed by atoms with Gasteiger partial charge in [0.15, 0.2) is 0 Å². The first-order valence-corrected chi connectivity index (χ1v) is 7.16. The zero-order valence-corrected chi connectivity index (χ0v) is 12.6. The topological polar surface area (TPSA) is 64.1 Å². The number of nitrogens with two attached hydrogens (primary N) is 2. The van der Waals surface area contributed by atoms with Gasteiger partial charge in [-0.3, -0.25) is 5.84 Å². The van der Waals surface area contributed by atoms with E-state index in [1.807, 2.05) is 13.0 Å². The Morgan fingerprint density at radius 1 is 0.955 bits per heavy atom. The number of rotatable bonds is 3. The highest BCUT2D eigenvalue weighted by Gasteiger charge is 2.07. The first kappa shape index (κ1) is 14.2. The Labute approximate surface area is 129 Å². The monoisotopic (exact) mass is 289 g/mol. The van der Waals surface area contributed by atoms with Crippen LogP contribution in [0.1, 0.15) is 12.5 Å². The molecule has 0 spiro atoms. The van der Waals surface area contributed by atoms with E-state index in [4.69, 9.17) is 11.6 Å². The summed E-state index contributed by atoms with van der Waals surface area (Å²) in [7, 11) is 0. The molecule has 3 rings (SSSR count). The number of nitrogens with one attached hydrogen (secondary N) is 1. The van der Waals surface area contributed by atoms with E-state index in [1.54, 1.807) is 0 Å². The van der Waals surface area contributed by atoms with E-state index in [9.17, 15) is 0 Å². The summed E-state index contributed by atoms with van der Waals surface area (Å²) >= 11 is 0. The van der Waals surface area contributed by atoms with Gasteiger partial charge in [0, 0.05) is 5.56 Å². The summed E-state index contributed by atoms with van der Waals surface area (Å²) in [5, 5.41) is 4.84. The summed E-state index contributed by atoms with van der Waals surface area (Å²) in [6.07, 6.45) is 0. The van der Waals surface area contributed by atoms with Crippen LogP contribution in [-0.2, 0) is 0 Å². The van der Waals surface area contributed by atoms with Gasteiger partial charge in [0.2, 0.25) is 0 Å². The molecule has 0 unspecified atom stereocenters. The highest BCUT2D eigenvalue weighted by atomic mass is 15.2. The number of benzene rings is 3.